The number of pyridine rings is 1. The highest BCUT2D eigenvalue weighted by atomic mass is 35.5. The smallest absolute Gasteiger partial charge is 0.263 e. The largest absolute Gasteiger partial charge is 0.506 e. The van der Waals surface area contributed by atoms with E-state index in [0.29, 0.717) is 33.9 Å². The number of halogens is 2. The summed E-state index contributed by atoms with van der Waals surface area (Å²) in [7, 11) is 3.71. The number of piperazine rings is 1. The van der Waals surface area contributed by atoms with Crippen LogP contribution in [0.1, 0.15) is 23.2 Å². The summed E-state index contributed by atoms with van der Waals surface area (Å²) in [6, 6.07) is 5.48. The summed E-state index contributed by atoms with van der Waals surface area (Å²) in [5.41, 5.74) is 6.24. The number of nitrogens with two attached hydrogens (primary N) is 1. The third-order valence-corrected chi connectivity index (χ3v) is 8.77. The molecule has 4 N–H and O–H groups in total. The molecule has 2 aliphatic heterocycles. The number of fused-ring (bicyclic) bond motifs is 3. The number of anilines is 2. The summed E-state index contributed by atoms with van der Waals surface area (Å²) in [6.45, 7) is 1.51. The van der Waals surface area contributed by atoms with Gasteiger partial charge in [-0.05, 0) is 37.6 Å². The van der Waals surface area contributed by atoms with Crippen molar-refractivity contribution in [1.82, 2.24) is 24.0 Å². The Morgan fingerprint density at radius 1 is 1.10 bits per heavy atom. The van der Waals surface area contributed by atoms with Crippen LogP contribution in [0.2, 0.25) is 10.0 Å². The number of hydrogen-bond acceptors (Lipinski definition) is 8. The van der Waals surface area contributed by atoms with Gasteiger partial charge in [0.05, 0.1) is 39.2 Å². The number of benzene rings is 1. The summed E-state index contributed by atoms with van der Waals surface area (Å²) in [4.78, 5) is 52.0. The Kier molecular flexibility index (Phi) is 7.08. The van der Waals surface area contributed by atoms with E-state index in [9.17, 15) is 19.5 Å². The Labute approximate surface area is 250 Å². The van der Waals surface area contributed by atoms with E-state index in [0.717, 1.165) is 31.7 Å². The summed E-state index contributed by atoms with van der Waals surface area (Å²) in [5, 5.41) is 13.5. The van der Waals surface area contributed by atoms with Crippen LogP contribution in [0.15, 0.2) is 41.7 Å². The van der Waals surface area contributed by atoms with E-state index in [1.807, 2.05) is 0 Å². The van der Waals surface area contributed by atoms with Gasteiger partial charge < -0.3 is 30.2 Å². The molecule has 4 aromatic rings. The molecule has 2 bridgehead atoms. The van der Waals surface area contributed by atoms with Crippen LogP contribution in [0.4, 0.5) is 11.5 Å². The van der Waals surface area contributed by atoms with Crippen molar-refractivity contribution in [3.8, 4) is 16.9 Å². The number of carbonyl (C=O) groups is 2. The maximum atomic E-state index is 13.3. The van der Waals surface area contributed by atoms with Gasteiger partial charge in [0.15, 0.2) is 0 Å². The number of hydrogen-bond donors (Lipinski definition) is 3. The second-order valence-electron chi connectivity index (χ2n) is 10.8. The normalized spacial score (nSPS) is 18.5. The van der Waals surface area contributed by atoms with Gasteiger partial charge in [-0.15, -0.1) is 0 Å². The van der Waals surface area contributed by atoms with E-state index >= 15 is 0 Å². The number of carbonyl (C=O) groups excluding carboxylic acids is 2. The second-order valence-corrected chi connectivity index (χ2v) is 11.6. The molecule has 3 aromatic heterocycles. The lowest BCUT2D eigenvalue weighted by Crippen LogP contribution is -2.52. The molecule has 2 amide bonds. The monoisotopic (exact) mass is 610 g/mol. The molecule has 2 fully saturated rings. The minimum atomic E-state index is -0.886. The van der Waals surface area contributed by atoms with Gasteiger partial charge in [-0.1, -0.05) is 23.2 Å². The number of amides is 2. The Balaban J connectivity index is 1.31. The zero-order valence-corrected chi connectivity index (χ0v) is 24.4. The quantitative estimate of drug-likeness (QED) is 0.301. The first kappa shape index (κ1) is 28.0. The molecule has 0 spiro atoms. The van der Waals surface area contributed by atoms with Crippen molar-refractivity contribution < 1.29 is 14.7 Å². The third-order valence-electron chi connectivity index (χ3n) is 8.18. The van der Waals surface area contributed by atoms with Gasteiger partial charge >= 0.3 is 0 Å². The molecule has 14 heteroatoms. The number of aromatic nitrogens is 4. The van der Waals surface area contributed by atoms with Crippen molar-refractivity contribution in [1.29, 1.82) is 0 Å². The first-order chi connectivity index (χ1) is 20.0. The molecule has 218 valence electrons. The topological polar surface area (TPSA) is 152 Å². The lowest BCUT2D eigenvalue weighted by molar-refractivity contribution is -0.116. The molecule has 1 aromatic carbocycles. The van der Waals surface area contributed by atoms with Crippen molar-refractivity contribution in [2.24, 2.45) is 12.8 Å². The number of primary amides is 1. The molecule has 0 radical (unpaired) electrons. The third kappa shape index (κ3) is 4.85. The van der Waals surface area contributed by atoms with E-state index in [1.165, 1.54) is 33.8 Å². The number of aryl methyl sites for hydroxylation is 1. The first-order valence-electron chi connectivity index (χ1n) is 13.3. The number of likely N-dealkylation sites (N-methyl/N-ethyl adjacent to an activating group) is 1. The molecule has 6 rings (SSSR count). The van der Waals surface area contributed by atoms with E-state index in [4.69, 9.17) is 28.9 Å². The van der Waals surface area contributed by atoms with Crippen LogP contribution in [0.25, 0.3) is 22.2 Å². The van der Waals surface area contributed by atoms with Gasteiger partial charge in [0.25, 0.3) is 11.5 Å². The van der Waals surface area contributed by atoms with E-state index in [1.54, 1.807) is 19.3 Å². The zero-order chi connectivity index (χ0) is 29.9. The molecule has 42 heavy (non-hydrogen) atoms. The van der Waals surface area contributed by atoms with E-state index < -0.39 is 17.6 Å². The standard InChI is InChI=1S/C28H28Cl2N8O4/c1-35-13-33-27-24(28(35)42)18(14-5-17(26(31)41)25(40)19(29)6-14)11-38(27)12-23(39)34-21-7-22(32-8-20(21)30)37-9-15-3-4-16(10-37)36(15)2/h5-8,11,13,15-16,40H,3-4,9-10,12H2,1-2H3,(H2,31,41)(H,32,34,39). The molecule has 2 aliphatic rings. The fourth-order valence-corrected chi connectivity index (χ4v) is 6.26. The number of nitrogens with zero attached hydrogens (tertiary/aromatic N) is 6. The Morgan fingerprint density at radius 3 is 2.50 bits per heavy atom. The van der Waals surface area contributed by atoms with Gasteiger partial charge in [-0.2, -0.15) is 0 Å². The first-order valence-corrected chi connectivity index (χ1v) is 14.1. The Morgan fingerprint density at radius 2 is 1.81 bits per heavy atom. The van der Waals surface area contributed by atoms with E-state index in [2.05, 4.69) is 32.1 Å². The molecule has 0 aliphatic carbocycles. The molecule has 2 saturated heterocycles. The van der Waals surface area contributed by atoms with Crippen LogP contribution in [0.5, 0.6) is 5.75 Å². The number of phenols is 1. The van der Waals surface area contributed by atoms with Crippen LogP contribution < -0.4 is 21.5 Å². The lowest BCUT2D eigenvalue weighted by Gasteiger charge is -2.39. The molecule has 0 saturated carbocycles. The molecule has 2 unspecified atom stereocenters. The van der Waals surface area contributed by atoms with Crippen molar-refractivity contribution in [2.75, 3.05) is 30.4 Å². The summed E-state index contributed by atoms with van der Waals surface area (Å²) in [5.74, 6) is -1.00. The average Bonchev–Trinajstić information content (AvgIpc) is 3.38. The molecular weight excluding hydrogens is 583 g/mol. The van der Waals surface area contributed by atoms with E-state index in [-0.39, 0.29) is 33.7 Å². The van der Waals surface area contributed by atoms with Crippen LogP contribution in [0, 0.1) is 0 Å². The predicted octanol–water partition coefficient (Wildman–Crippen LogP) is 2.83. The molecule has 12 nitrogen and oxygen atoms in total. The van der Waals surface area contributed by atoms with Gasteiger partial charge in [-0.3, -0.25) is 19.3 Å². The summed E-state index contributed by atoms with van der Waals surface area (Å²) in [6.07, 6.45) is 6.77. The van der Waals surface area contributed by atoms with Crippen molar-refractivity contribution in [2.45, 2.75) is 31.5 Å². The fourth-order valence-electron chi connectivity index (χ4n) is 5.89. The number of aromatic hydroxyl groups is 1. The molecular formula is C28H28Cl2N8O4. The maximum absolute atomic E-state index is 13.3. The SMILES string of the molecule is CN1C2CCC1CN(c1cc(NC(=O)Cn3cc(-c4cc(Cl)c(O)c(C(N)=O)c4)c4c(=O)n(C)cnc43)c(Cl)cn1)C2. The van der Waals surface area contributed by atoms with Crippen molar-refractivity contribution in [3.05, 3.63) is 62.9 Å². The minimum Gasteiger partial charge on any atom is -0.506 e. The van der Waals surface area contributed by atoms with Gasteiger partial charge in [0.2, 0.25) is 5.91 Å². The van der Waals surface area contributed by atoms with Crippen LogP contribution >= 0.6 is 23.2 Å². The highest BCUT2D eigenvalue weighted by Gasteiger charge is 2.38. The maximum Gasteiger partial charge on any atom is 0.263 e. The van der Waals surface area contributed by atoms with Crippen molar-refractivity contribution >= 4 is 57.6 Å². The molecule has 5 heterocycles. The number of nitrogens with one attached hydrogen (secondary N) is 1. The molecule has 2 atom stereocenters. The fraction of sp³-hybridized carbons (Fsp3) is 0.321. The Bertz CT molecular complexity index is 1810. The lowest BCUT2D eigenvalue weighted by atomic mass is 10.0. The van der Waals surface area contributed by atoms with Crippen molar-refractivity contribution in [3.63, 3.8) is 0 Å². The van der Waals surface area contributed by atoms with Gasteiger partial charge in [-0.25, -0.2) is 9.97 Å². The zero-order valence-electron chi connectivity index (χ0n) is 22.8. The van der Waals surface area contributed by atoms with Crippen LogP contribution in [0.3, 0.4) is 0 Å². The second kappa shape index (κ2) is 10.6. The number of rotatable bonds is 6. The van der Waals surface area contributed by atoms with Crippen LogP contribution in [-0.2, 0) is 18.4 Å². The van der Waals surface area contributed by atoms with Gasteiger partial charge in [0.1, 0.15) is 23.8 Å². The highest BCUT2D eigenvalue weighted by molar-refractivity contribution is 6.34. The highest BCUT2D eigenvalue weighted by Crippen LogP contribution is 2.36. The summed E-state index contributed by atoms with van der Waals surface area (Å²) >= 11 is 12.6. The minimum absolute atomic E-state index is 0.114. The van der Waals surface area contributed by atoms with Gasteiger partial charge in [0, 0.05) is 50.0 Å². The van der Waals surface area contributed by atoms with Crippen LogP contribution in [-0.4, -0.2) is 73.1 Å². The predicted molar refractivity (Wildman–Crippen MR) is 160 cm³/mol. The Hall–Kier alpha value is -4.13. The summed E-state index contributed by atoms with van der Waals surface area (Å²) < 4.78 is 2.83. The average molecular weight is 611 g/mol.